The second-order valence-electron chi connectivity index (χ2n) is 5.23. The number of nitrogens with one attached hydrogen (secondary N) is 1. The smallest absolute Gasteiger partial charge is 0.407 e. The van der Waals surface area contributed by atoms with Gasteiger partial charge in [0.25, 0.3) is 0 Å². The number of aliphatic imine (C=N–C) groups is 1. The van der Waals surface area contributed by atoms with Crippen LogP contribution < -0.4 is 5.32 Å². The molecular weight excluding hydrogens is 300 g/mol. The topological polar surface area (TPSA) is 94.1 Å². The Kier molecular flexibility index (Phi) is 10.9. The first kappa shape index (κ1) is 20.6. The summed E-state index contributed by atoms with van der Waals surface area (Å²) >= 11 is 0. The van der Waals surface area contributed by atoms with E-state index in [9.17, 15) is 14.4 Å². The highest BCUT2D eigenvalue weighted by Gasteiger charge is 2.07. The quantitative estimate of drug-likeness (QED) is 0.157. The molecule has 0 spiro atoms. The van der Waals surface area contributed by atoms with Gasteiger partial charge in [-0.3, -0.25) is 0 Å². The molecule has 0 rings (SSSR count). The third-order valence-corrected chi connectivity index (χ3v) is 2.81. The summed E-state index contributed by atoms with van der Waals surface area (Å²) in [5.41, 5.74) is 1.15. The van der Waals surface area contributed by atoms with Gasteiger partial charge in [-0.25, -0.2) is 19.4 Å². The molecule has 23 heavy (non-hydrogen) atoms. The molecule has 0 saturated carbocycles. The Labute approximate surface area is 136 Å². The van der Waals surface area contributed by atoms with Crippen LogP contribution in [0.15, 0.2) is 29.3 Å². The van der Waals surface area contributed by atoms with Gasteiger partial charge in [0.05, 0.1) is 6.54 Å². The maximum absolute atomic E-state index is 11.4. The molecular formula is C16H24N2O5. The molecule has 0 aromatic rings. The normalized spacial score (nSPS) is 10.9. The molecule has 0 aromatic carbocycles. The van der Waals surface area contributed by atoms with Crippen molar-refractivity contribution in [3.05, 3.63) is 24.3 Å². The SMILES string of the molecule is C=C(CN=C=O)CC(C)CCNC(=O)OCCOC(=O)C(=C)C. The standard InChI is InChI=1S/C16H24N2O5/c1-12(2)15(20)22-7-8-23-16(21)18-6-5-13(3)9-14(4)10-17-11-19/h13H,1,4-10H2,2-3H3,(H,18,21). The van der Waals surface area contributed by atoms with Gasteiger partial charge < -0.3 is 14.8 Å². The summed E-state index contributed by atoms with van der Waals surface area (Å²) in [6.45, 7) is 11.5. The molecule has 7 heteroatoms. The number of rotatable bonds is 11. The average Bonchev–Trinajstić information content (AvgIpc) is 2.49. The van der Waals surface area contributed by atoms with Crippen molar-refractivity contribution < 1.29 is 23.9 Å². The predicted molar refractivity (Wildman–Crippen MR) is 85.7 cm³/mol. The summed E-state index contributed by atoms with van der Waals surface area (Å²) in [7, 11) is 0. The molecule has 0 saturated heterocycles. The lowest BCUT2D eigenvalue weighted by atomic mass is 9.99. The fourth-order valence-corrected chi connectivity index (χ4v) is 1.67. The molecule has 0 heterocycles. The lowest BCUT2D eigenvalue weighted by Crippen LogP contribution is -2.27. The number of carbonyl (C=O) groups is 2. The molecule has 0 aliphatic carbocycles. The number of ether oxygens (including phenoxy) is 2. The van der Waals surface area contributed by atoms with Crippen molar-refractivity contribution >= 4 is 18.1 Å². The number of amides is 1. The van der Waals surface area contributed by atoms with Crippen molar-refractivity contribution in [1.29, 1.82) is 0 Å². The van der Waals surface area contributed by atoms with E-state index in [1.807, 2.05) is 6.92 Å². The number of esters is 1. The molecule has 0 aliphatic rings. The van der Waals surface area contributed by atoms with E-state index in [0.29, 0.717) is 18.0 Å². The monoisotopic (exact) mass is 324 g/mol. The van der Waals surface area contributed by atoms with Crippen LogP contribution in [0.4, 0.5) is 4.79 Å². The number of nitrogens with zero attached hydrogens (tertiary/aromatic N) is 1. The van der Waals surface area contributed by atoms with Crippen LogP contribution in [0.1, 0.15) is 26.7 Å². The average molecular weight is 324 g/mol. The van der Waals surface area contributed by atoms with Crippen LogP contribution in [-0.2, 0) is 19.1 Å². The molecule has 0 radical (unpaired) electrons. The van der Waals surface area contributed by atoms with Gasteiger partial charge in [-0.15, -0.1) is 0 Å². The Morgan fingerprint density at radius 1 is 1.26 bits per heavy atom. The van der Waals surface area contributed by atoms with Gasteiger partial charge in [0.15, 0.2) is 0 Å². The minimum absolute atomic E-state index is 0.00735. The van der Waals surface area contributed by atoms with Crippen LogP contribution in [0.25, 0.3) is 0 Å². The number of carbonyl (C=O) groups excluding carboxylic acids is 3. The van der Waals surface area contributed by atoms with Gasteiger partial charge in [0.1, 0.15) is 13.2 Å². The zero-order valence-corrected chi connectivity index (χ0v) is 13.7. The first-order valence-electron chi connectivity index (χ1n) is 7.30. The molecule has 0 fully saturated rings. The van der Waals surface area contributed by atoms with Crippen molar-refractivity contribution in [3.63, 3.8) is 0 Å². The van der Waals surface area contributed by atoms with Gasteiger partial charge in [0, 0.05) is 12.1 Å². The van der Waals surface area contributed by atoms with E-state index in [-0.39, 0.29) is 19.8 Å². The van der Waals surface area contributed by atoms with Gasteiger partial charge >= 0.3 is 12.1 Å². The van der Waals surface area contributed by atoms with E-state index < -0.39 is 12.1 Å². The minimum Gasteiger partial charge on any atom is -0.459 e. The molecule has 1 amide bonds. The van der Waals surface area contributed by atoms with Crippen molar-refractivity contribution in [2.75, 3.05) is 26.3 Å². The van der Waals surface area contributed by atoms with Gasteiger partial charge in [-0.05, 0) is 25.7 Å². The van der Waals surface area contributed by atoms with Crippen molar-refractivity contribution in [2.24, 2.45) is 10.9 Å². The Morgan fingerprint density at radius 2 is 1.91 bits per heavy atom. The van der Waals surface area contributed by atoms with E-state index in [0.717, 1.165) is 18.4 Å². The molecule has 0 aromatic heterocycles. The van der Waals surface area contributed by atoms with Crippen LogP contribution in [0.5, 0.6) is 0 Å². The maximum Gasteiger partial charge on any atom is 0.407 e. The second-order valence-corrected chi connectivity index (χ2v) is 5.23. The Hall–Kier alpha value is -2.40. The van der Waals surface area contributed by atoms with Gasteiger partial charge in [-0.2, -0.15) is 0 Å². The van der Waals surface area contributed by atoms with Crippen molar-refractivity contribution in [3.8, 4) is 0 Å². The van der Waals surface area contributed by atoms with Gasteiger partial charge in [0.2, 0.25) is 6.08 Å². The number of isocyanates is 1. The van der Waals surface area contributed by atoms with E-state index in [1.54, 1.807) is 0 Å². The molecule has 128 valence electrons. The summed E-state index contributed by atoms with van der Waals surface area (Å²) in [6, 6.07) is 0. The van der Waals surface area contributed by atoms with Crippen molar-refractivity contribution in [2.45, 2.75) is 26.7 Å². The van der Waals surface area contributed by atoms with Crippen LogP contribution in [-0.4, -0.2) is 44.4 Å². The maximum atomic E-state index is 11.4. The van der Waals surface area contributed by atoms with E-state index in [4.69, 9.17) is 9.47 Å². The van der Waals surface area contributed by atoms with Crippen molar-refractivity contribution in [1.82, 2.24) is 5.32 Å². The fraction of sp³-hybridized carbons (Fsp3) is 0.562. The molecule has 1 N–H and O–H groups in total. The first-order valence-corrected chi connectivity index (χ1v) is 7.30. The number of hydrogen-bond acceptors (Lipinski definition) is 6. The summed E-state index contributed by atoms with van der Waals surface area (Å²) < 4.78 is 9.64. The first-order chi connectivity index (χ1) is 10.9. The molecule has 0 aliphatic heterocycles. The van der Waals surface area contributed by atoms with Crippen LogP contribution in [0, 0.1) is 5.92 Å². The van der Waals surface area contributed by atoms with Crippen LogP contribution in [0.3, 0.4) is 0 Å². The van der Waals surface area contributed by atoms with E-state index in [1.165, 1.54) is 13.0 Å². The number of alkyl carbamates (subject to hydrolysis) is 1. The molecule has 0 bridgehead atoms. The zero-order chi connectivity index (χ0) is 17.7. The highest BCUT2D eigenvalue weighted by atomic mass is 16.6. The number of hydrogen-bond donors (Lipinski definition) is 1. The van der Waals surface area contributed by atoms with Crippen LogP contribution in [0.2, 0.25) is 0 Å². The minimum atomic E-state index is -0.562. The summed E-state index contributed by atoms with van der Waals surface area (Å²) in [6.07, 6.45) is 2.37. The fourth-order valence-electron chi connectivity index (χ4n) is 1.67. The Bertz CT molecular complexity index is 481. The summed E-state index contributed by atoms with van der Waals surface area (Å²) in [5, 5.41) is 2.61. The third-order valence-electron chi connectivity index (χ3n) is 2.81. The zero-order valence-electron chi connectivity index (χ0n) is 13.7. The van der Waals surface area contributed by atoms with Gasteiger partial charge in [-0.1, -0.05) is 25.7 Å². The summed E-state index contributed by atoms with van der Waals surface area (Å²) in [5.74, 6) is -0.219. The highest BCUT2D eigenvalue weighted by molar-refractivity contribution is 5.86. The van der Waals surface area contributed by atoms with E-state index in [2.05, 4.69) is 23.5 Å². The lowest BCUT2D eigenvalue weighted by Gasteiger charge is -2.12. The van der Waals surface area contributed by atoms with E-state index >= 15 is 0 Å². The third kappa shape index (κ3) is 11.9. The highest BCUT2D eigenvalue weighted by Crippen LogP contribution is 2.13. The Balaban J connectivity index is 3.69. The van der Waals surface area contributed by atoms with Crippen LogP contribution >= 0.6 is 0 Å². The molecule has 1 unspecified atom stereocenters. The lowest BCUT2D eigenvalue weighted by molar-refractivity contribution is -0.139. The second kappa shape index (κ2) is 12.2. The molecule has 1 atom stereocenters. The Morgan fingerprint density at radius 3 is 2.52 bits per heavy atom. The largest absolute Gasteiger partial charge is 0.459 e. The summed E-state index contributed by atoms with van der Waals surface area (Å²) in [4.78, 5) is 35.9. The predicted octanol–water partition coefficient (Wildman–Crippen LogP) is 2.14. The molecule has 7 nitrogen and oxygen atoms in total.